The number of carbonyl (C=O) groups excluding carboxylic acids is 1. The van der Waals surface area contributed by atoms with Crippen molar-refractivity contribution in [3.05, 3.63) is 23.8 Å². The third-order valence-electron chi connectivity index (χ3n) is 2.80. The first-order valence-electron chi connectivity index (χ1n) is 5.92. The molecule has 5 heteroatoms. The molecule has 1 heterocycles. The molecule has 5 nitrogen and oxygen atoms in total. The molecule has 1 amide bonds. The van der Waals surface area contributed by atoms with Crippen LogP contribution in [0.1, 0.15) is 12.0 Å². The molecule has 0 aliphatic carbocycles. The fourth-order valence-corrected chi connectivity index (χ4v) is 1.95. The SMILES string of the molecule is COCC(O)COc1cccc2c1CCC(=O)N2. The summed E-state index contributed by atoms with van der Waals surface area (Å²) in [5.41, 5.74) is 1.78. The Bertz CT molecular complexity index is 433. The minimum absolute atomic E-state index is 0.0269. The van der Waals surface area contributed by atoms with Crippen LogP contribution in [-0.2, 0) is 16.0 Å². The van der Waals surface area contributed by atoms with Crippen molar-refractivity contribution in [2.75, 3.05) is 25.6 Å². The molecule has 0 radical (unpaired) electrons. The molecule has 0 spiro atoms. The maximum Gasteiger partial charge on any atom is 0.224 e. The highest BCUT2D eigenvalue weighted by Gasteiger charge is 2.18. The van der Waals surface area contributed by atoms with Crippen molar-refractivity contribution in [3.63, 3.8) is 0 Å². The highest BCUT2D eigenvalue weighted by Crippen LogP contribution is 2.31. The molecule has 1 aromatic rings. The number of anilines is 1. The molecule has 1 unspecified atom stereocenters. The summed E-state index contributed by atoms with van der Waals surface area (Å²) in [5, 5.41) is 12.3. The number of fused-ring (bicyclic) bond motifs is 1. The van der Waals surface area contributed by atoms with E-state index in [1.54, 1.807) is 0 Å². The zero-order valence-corrected chi connectivity index (χ0v) is 10.3. The Morgan fingerprint density at radius 1 is 1.39 bits per heavy atom. The zero-order chi connectivity index (χ0) is 13.0. The smallest absolute Gasteiger partial charge is 0.224 e. The summed E-state index contributed by atoms with van der Waals surface area (Å²) in [4.78, 5) is 11.3. The summed E-state index contributed by atoms with van der Waals surface area (Å²) in [6.45, 7) is 0.421. The summed E-state index contributed by atoms with van der Waals surface area (Å²) in [6, 6.07) is 5.52. The molecule has 0 fully saturated rings. The van der Waals surface area contributed by atoms with E-state index in [1.165, 1.54) is 7.11 Å². The van der Waals surface area contributed by atoms with Crippen LogP contribution in [0.2, 0.25) is 0 Å². The molecule has 1 aliphatic heterocycles. The first kappa shape index (κ1) is 12.9. The van der Waals surface area contributed by atoms with Gasteiger partial charge < -0.3 is 19.9 Å². The van der Waals surface area contributed by atoms with Gasteiger partial charge in [0.05, 0.1) is 6.61 Å². The number of aliphatic hydroxyl groups is 1. The van der Waals surface area contributed by atoms with Gasteiger partial charge >= 0.3 is 0 Å². The highest BCUT2D eigenvalue weighted by molar-refractivity contribution is 5.94. The van der Waals surface area contributed by atoms with Gasteiger partial charge in [0.1, 0.15) is 18.5 Å². The highest BCUT2D eigenvalue weighted by atomic mass is 16.5. The van der Waals surface area contributed by atoms with Gasteiger partial charge in [0.15, 0.2) is 0 Å². The van der Waals surface area contributed by atoms with Crippen molar-refractivity contribution in [1.29, 1.82) is 0 Å². The van der Waals surface area contributed by atoms with Crippen molar-refractivity contribution in [2.24, 2.45) is 0 Å². The Balaban J connectivity index is 2.05. The monoisotopic (exact) mass is 251 g/mol. The Hall–Kier alpha value is -1.59. The van der Waals surface area contributed by atoms with Gasteiger partial charge in [-0.15, -0.1) is 0 Å². The van der Waals surface area contributed by atoms with E-state index in [-0.39, 0.29) is 19.1 Å². The quantitative estimate of drug-likeness (QED) is 0.818. The minimum atomic E-state index is -0.649. The molecule has 98 valence electrons. The Labute approximate surface area is 106 Å². The average molecular weight is 251 g/mol. The number of benzene rings is 1. The van der Waals surface area contributed by atoms with E-state index in [2.05, 4.69) is 5.32 Å². The number of hydrogen-bond acceptors (Lipinski definition) is 4. The molecule has 1 atom stereocenters. The van der Waals surface area contributed by atoms with Crippen LogP contribution in [0.3, 0.4) is 0 Å². The number of amides is 1. The van der Waals surface area contributed by atoms with E-state index < -0.39 is 6.10 Å². The molecule has 18 heavy (non-hydrogen) atoms. The van der Waals surface area contributed by atoms with Crippen LogP contribution >= 0.6 is 0 Å². The maximum atomic E-state index is 11.3. The summed E-state index contributed by atoms with van der Waals surface area (Å²) in [5.74, 6) is 0.738. The number of methoxy groups -OCH3 is 1. The van der Waals surface area contributed by atoms with Crippen molar-refractivity contribution >= 4 is 11.6 Å². The largest absolute Gasteiger partial charge is 0.490 e. The van der Waals surface area contributed by atoms with Gasteiger partial charge in [-0.2, -0.15) is 0 Å². The summed E-state index contributed by atoms with van der Waals surface area (Å²) < 4.78 is 10.4. The van der Waals surface area contributed by atoms with Gasteiger partial charge in [-0.3, -0.25) is 4.79 Å². The Morgan fingerprint density at radius 2 is 2.22 bits per heavy atom. The van der Waals surface area contributed by atoms with Crippen molar-refractivity contribution in [1.82, 2.24) is 0 Å². The number of aliphatic hydroxyl groups excluding tert-OH is 1. The van der Waals surface area contributed by atoms with Crippen LogP contribution < -0.4 is 10.1 Å². The molecular weight excluding hydrogens is 234 g/mol. The molecule has 1 aromatic carbocycles. The molecule has 2 N–H and O–H groups in total. The summed E-state index contributed by atoms with van der Waals surface area (Å²) in [6.07, 6.45) is 0.482. The second-order valence-corrected chi connectivity index (χ2v) is 4.25. The van der Waals surface area contributed by atoms with Gasteiger partial charge in [-0.25, -0.2) is 0 Å². The standard InChI is InChI=1S/C13H17NO4/c1-17-7-9(15)8-18-12-4-2-3-11-10(12)5-6-13(16)14-11/h2-4,9,15H,5-8H2,1H3,(H,14,16). The topological polar surface area (TPSA) is 67.8 Å². The van der Waals surface area contributed by atoms with Gasteiger partial charge in [0, 0.05) is 24.8 Å². The first-order chi connectivity index (χ1) is 8.70. The number of hydrogen-bond donors (Lipinski definition) is 2. The average Bonchev–Trinajstić information content (AvgIpc) is 2.36. The van der Waals surface area contributed by atoms with Gasteiger partial charge in [-0.1, -0.05) is 6.07 Å². The van der Waals surface area contributed by atoms with E-state index in [4.69, 9.17) is 9.47 Å². The first-order valence-corrected chi connectivity index (χ1v) is 5.92. The molecule has 0 aromatic heterocycles. The van der Waals surface area contributed by atoms with Crippen molar-refractivity contribution < 1.29 is 19.4 Å². The molecule has 1 aliphatic rings. The van der Waals surface area contributed by atoms with Crippen LogP contribution in [0.25, 0.3) is 0 Å². The number of carbonyl (C=O) groups is 1. The Kier molecular flexibility index (Phi) is 4.17. The van der Waals surface area contributed by atoms with E-state index >= 15 is 0 Å². The lowest BCUT2D eigenvalue weighted by Crippen LogP contribution is -2.24. The van der Waals surface area contributed by atoms with Crippen LogP contribution in [0.4, 0.5) is 5.69 Å². The van der Waals surface area contributed by atoms with Gasteiger partial charge in [-0.05, 0) is 18.6 Å². The van der Waals surface area contributed by atoms with E-state index in [1.807, 2.05) is 18.2 Å². The summed E-state index contributed by atoms with van der Waals surface area (Å²) >= 11 is 0. The normalized spacial score (nSPS) is 15.8. The van der Waals surface area contributed by atoms with E-state index in [0.717, 1.165) is 11.3 Å². The van der Waals surface area contributed by atoms with Crippen LogP contribution in [0, 0.1) is 0 Å². The third-order valence-corrected chi connectivity index (χ3v) is 2.80. The van der Waals surface area contributed by atoms with Gasteiger partial charge in [0.25, 0.3) is 0 Å². The molecule has 0 saturated heterocycles. The second-order valence-electron chi connectivity index (χ2n) is 4.25. The maximum absolute atomic E-state index is 11.3. The lowest BCUT2D eigenvalue weighted by molar-refractivity contribution is -0.116. The van der Waals surface area contributed by atoms with Crippen LogP contribution in [0.15, 0.2) is 18.2 Å². The van der Waals surface area contributed by atoms with Crippen LogP contribution in [-0.4, -0.2) is 37.4 Å². The lowest BCUT2D eigenvalue weighted by atomic mass is 10.0. The molecule has 2 rings (SSSR count). The fraction of sp³-hybridized carbons (Fsp3) is 0.462. The predicted molar refractivity (Wildman–Crippen MR) is 66.8 cm³/mol. The number of rotatable bonds is 5. The van der Waals surface area contributed by atoms with Gasteiger partial charge in [0.2, 0.25) is 5.91 Å². The number of ether oxygens (including phenoxy) is 2. The molecular formula is C13H17NO4. The predicted octanol–water partition coefficient (Wildman–Crippen LogP) is 0.957. The van der Waals surface area contributed by atoms with Crippen LogP contribution in [0.5, 0.6) is 5.75 Å². The summed E-state index contributed by atoms with van der Waals surface area (Å²) in [7, 11) is 1.53. The number of nitrogens with one attached hydrogen (secondary N) is 1. The minimum Gasteiger partial charge on any atom is -0.490 e. The second kappa shape index (κ2) is 5.84. The molecule has 0 saturated carbocycles. The molecule has 0 bridgehead atoms. The Morgan fingerprint density at radius 3 is 3.00 bits per heavy atom. The van der Waals surface area contributed by atoms with Crippen molar-refractivity contribution in [2.45, 2.75) is 18.9 Å². The van der Waals surface area contributed by atoms with Crippen molar-refractivity contribution in [3.8, 4) is 5.75 Å². The van der Waals surface area contributed by atoms with E-state index in [0.29, 0.717) is 18.6 Å². The zero-order valence-electron chi connectivity index (χ0n) is 10.3. The third kappa shape index (κ3) is 3.00. The fourth-order valence-electron chi connectivity index (χ4n) is 1.95. The van der Waals surface area contributed by atoms with E-state index in [9.17, 15) is 9.90 Å². The lowest BCUT2D eigenvalue weighted by Gasteiger charge is -2.20.